The van der Waals surface area contributed by atoms with Crippen LogP contribution in [0.5, 0.6) is 0 Å². The van der Waals surface area contributed by atoms with Gasteiger partial charge in [-0.05, 0) is 104 Å². The third-order valence-corrected chi connectivity index (χ3v) is 8.02. The van der Waals surface area contributed by atoms with Crippen molar-refractivity contribution in [3.8, 4) is 0 Å². The monoisotopic (exact) mass is 770 g/mol. The van der Waals surface area contributed by atoms with Gasteiger partial charge in [0.25, 0.3) is 0 Å². The lowest BCUT2D eigenvalue weighted by Crippen LogP contribution is -2.50. The van der Waals surface area contributed by atoms with E-state index in [0.717, 1.165) is 49.9 Å². The van der Waals surface area contributed by atoms with E-state index in [2.05, 4.69) is 36.2 Å². The van der Waals surface area contributed by atoms with Crippen molar-refractivity contribution in [3.05, 3.63) is 46.5 Å². The summed E-state index contributed by atoms with van der Waals surface area (Å²) in [6.45, 7) is 12.4. The lowest BCUT2D eigenvalue weighted by molar-refractivity contribution is -0.122. The minimum atomic E-state index is -0.517. The van der Waals surface area contributed by atoms with Crippen molar-refractivity contribution in [1.29, 1.82) is 0 Å². The molecule has 264 valence electrons. The molecule has 0 aliphatic carbocycles. The zero-order valence-electron chi connectivity index (χ0n) is 28.3. The van der Waals surface area contributed by atoms with Crippen LogP contribution in [0.15, 0.2) is 30.5 Å². The zero-order chi connectivity index (χ0) is 35.6. The number of carbonyl (C=O) groups excluding carboxylic acids is 3. The molecule has 2 saturated heterocycles. The van der Waals surface area contributed by atoms with E-state index < -0.39 is 11.2 Å². The van der Waals surface area contributed by atoms with E-state index in [9.17, 15) is 14.4 Å². The van der Waals surface area contributed by atoms with Crippen LogP contribution in [0.4, 0.5) is 15.4 Å². The van der Waals surface area contributed by atoms with Crippen molar-refractivity contribution >= 4 is 68.6 Å². The largest absolute Gasteiger partial charge is 0.444 e. The maximum Gasteiger partial charge on any atom is 0.410 e. The first-order valence-electron chi connectivity index (χ1n) is 15.8. The Labute approximate surface area is 299 Å². The van der Waals surface area contributed by atoms with Crippen molar-refractivity contribution in [3.63, 3.8) is 0 Å². The molecule has 48 heavy (non-hydrogen) atoms. The third-order valence-electron chi connectivity index (χ3n) is 7.07. The summed E-state index contributed by atoms with van der Waals surface area (Å²) in [4.78, 5) is 44.2. The number of nitrogens with two attached hydrogens (primary N) is 1. The van der Waals surface area contributed by atoms with Crippen LogP contribution >= 0.6 is 39.1 Å². The molecule has 13 nitrogen and oxygen atoms in total. The lowest BCUT2D eigenvalue weighted by Gasteiger charge is -2.35. The number of anilines is 1. The Hall–Kier alpha value is -3.23. The molecular formula is C32H45BrCl2N8O5. The van der Waals surface area contributed by atoms with Crippen LogP contribution in [0.1, 0.15) is 91.8 Å². The minimum absolute atomic E-state index is 0.0514. The number of hydrogen-bond acceptors (Lipinski definition) is 10. The van der Waals surface area contributed by atoms with Gasteiger partial charge >= 0.3 is 12.2 Å². The average molecular weight is 773 g/mol. The fourth-order valence-corrected chi connectivity index (χ4v) is 5.66. The van der Waals surface area contributed by atoms with E-state index in [-0.39, 0.29) is 35.4 Å². The van der Waals surface area contributed by atoms with Gasteiger partial charge in [-0.15, -0.1) is 10.2 Å². The number of imidazole rings is 1. The molecule has 2 aliphatic heterocycles. The van der Waals surface area contributed by atoms with Crippen LogP contribution < -0.4 is 5.73 Å². The van der Waals surface area contributed by atoms with Crippen LogP contribution in [0.2, 0.25) is 10.3 Å². The first-order chi connectivity index (χ1) is 22.5. The second-order valence-electron chi connectivity index (χ2n) is 13.4. The molecule has 16 heteroatoms. The van der Waals surface area contributed by atoms with Gasteiger partial charge in [-0.1, -0.05) is 39.1 Å². The number of likely N-dealkylation sites (tertiary alicyclic amines) is 2. The van der Waals surface area contributed by atoms with Gasteiger partial charge in [-0.3, -0.25) is 14.6 Å². The van der Waals surface area contributed by atoms with Crippen molar-refractivity contribution in [2.45, 2.75) is 103 Å². The molecular weight excluding hydrogens is 727 g/mol. The summed E-state index contributed by atoms with van der Waals surface area (Å²) in [5.41, 5.74) is 5.72. The van der Waals surface area contributed by atoms with Gasteiger partial charge in [-0.25, -0.2) is 19.1 Å². The topological polar surface area (TPSA) is 158 Å². The first kappa shape index (κ1) is 39.2. The van der Waals surface area contributed by atoms with Gasteiger partial charge in [0.1, 0.15) is 22.2 Å². The number of Topliss-reactive ketones (excluding diaryl/α,β-unsaturated/α-hetero) is 1. The molecule has 3 aromatic rings. The molecule has 2 N–H and O–H groups in total. The Bertz CT molecular complexity index is 1510. The highest BCUT2D eigenvalue weighted by Crippen LogP contribution is 2.32. The number of fused-ring (bicyclic) bond motifs is 1. The molecule has 0 unspecified atom stereocenters. The highest BCUT2D eigenvalue weighted by atomic mass is 79.9. The second-order valence-corrected chi connectivity index (χ2v) is 14.7. The van der Waals surface area contributed by atoms with Crippen molar-refractivity contribution in [1.82, 2.24) is 34.6 Å². The van der Waals surface area contributed by atoms with Crippen LogP contribution in [0, 0.1) is 0 Å². The van der Waals surface area contributed by atoms with Gasteiger partial charge in [0, 0.05) is 13.1 Å². The van der Waals surface area contributed by atoms with E-state index in [1.807, 2.05) is 53.8 Å². The maximum atomic E-state index is 12.5. The van der Waals surface area contributed by atoms with Gasteiger partial charge in [-0.2, -0.15) is 5.10 Å². The van der Waals surface area contributed by atoms with Crippen LogP contribution in [-0.4, -0.2) is 88.2 Å². The van der Waals surface area contributed by atoms with Gasteiger partial charge in [0.05, 0.1) is 29.3 Å². The number of piperidine rings is 2. The second kappa shape index (κ2) is 17.4. The van der Waals surface area contributed by atoms with E-state index >= 15 is 0 Å². The fourth-order valence-electron chi connectivity index (χ4n) is 5.04. The lowest BCUT2D eigenvalue weighted by atomic mass is 10.00. The number of nitrogens with zero attached hydrogens (tertiary/aromatic N) is 7. The number of hydrogen-bond donors (Lipinski definition) is 1. The summed E-state index contributed by atoms with van der Waals surface area (Å²) >= 11 is 14.5. The zero-order valence-corrected chi connectivity index (χ0v) is 31.4. The summed E-state index contributed by atoms with van der Waals surface area (Å²) in [5.74, 6) is 0.435. The number of alkyl halides is 1. The summed E-state index contributed by atoms with van der Waals surface area (Å²) in [5, 5.41) is 12.2. The highest BCUT2D eigenvalue weighted by molar-refractivity contribution is 9.09. The number of amides is 2. The van der Waals surface area contributed by atoms with E-state index in [0.29, 0.717) is 29.2 Å². The normalized spacial score (nSPS) is 18.2. The van der Waals surface area contributed by atoms with Crippen LogP contribution in [0.25, 0.3) is 5.65 Å². The third kappa shape index (κ3) is 12.3. The molecule has 0 bridgehead atoms. The SMILES string of the molecule is CC(C)(C)OC(=O)N1CCCC[C@H]1C(=O)CBr.CC(C)(C)OC(=O)N1CCCC[C@H]1c1cn2nc(Cl)ccc2n1.Nc1ccc(Cl)nn1. The quantitative estimate of drug-likeness (QED) is 0.268. The van der Waals surface area contributed by atoms with Gasteiger partial charge in [0.15, 0.2) is 16.6 Å². The van der Waals surface area contributed by atoms with E-state index in [1.54, 1.807) is 32.5 Å². The Kier molecular flexibility index (Phi) is 14.2. The van der Waals surface area contributed by atoms with Crippen molar-refractivity contribution in [2.75, 3.05) is 24.2 Å². The smallest absolute Gasteiger partial charge is 0.410 e. The van der Waals surface area contributed by atoms with Gasteiger partial charge in [0.2, 0.25) is 0 Å². The van der Waals surface area contributed by atoms with Crippen molar-refractivity contribution < 1.29 is 23.9 Å². The first-order valence-corrected chi connectivity index (χ1v) is 17.7. The number of ketones is 1. The number of rotatable bonds is 3. The molecule has 3 aromatic heterocycles. The molecule has 0 saturated carbocycles. The van der Waals surface area contributed by atoms with Gasteiger partial charge < -0.3 is 15.2 Å². The Morgan fingerprint density at radius 3 is 2.00 bits per heavy atom. The molecule has 2 fully saturated rings. The predicted molar refractivity (Wildman–Crippen MR) is 188 cm³/mol. The van der Waals surface area contributed by atoms with Crippen LogP contribution in [0.3, 0.4) is 0 Å². The fraction of sp³-hybridized carbons (Fsp3) is 0.594. The minimum Gasteiger partial charge on any atom is -0.444 e. The Morgan fingerprint density at radius 2 is 1.44 bits per heavy atom. The molecule has 5 heterocycles. The summed E-state index contributed by atoms with van der Waals surface area (Å²) in [6, 6.07) is 6.30. The highest BCUT2D eigenvalue weighted by Gasteiger charge is 2.34. The number of carbonyl (C=O) groups is 3. The van der Waals surface area contributed by atoms with Crippen molar-refractivity contribution in [2.24, 2.45) is 0 Å². The number of aromatic nitrogens is 5. The predicted octanol–water partition coefficient (Wildman–Crippen LogP) is 7.30. The molecule has 2 atom stereocenters. The molecule has 2 amide bonds. The summed E-state index contributed by atoms with van der Waals surface area (Å²) in [7, 11) is 0. The molecule has 5 rings (SSSR count). The number of halogens is 3. The standard InChI is InChI=1S/C16H21ClN4O2.C12H20BrNO3.C4H4ClN3/c1-16(2,3)23-15(22)20-9-5-4-6-12(20)11-10-21-14(18-11)8-7-13(17)19-21;1-12(2,3)17-11(16)14-7-5-4-6-9(14)10(15)8-13;5-3-1-2-4(6)8-7-3/h7-8,10,12H,4-6,9H2,1-3H3;9H,4-8H2,1-3H3;1-2H,(H2,6,8)/t12-;9-;/m00./s1. The van der Waals surface area contributed by atoms with E-state index in [1.165, 1.54) is 0 Å². The molecule has 0 aromatic carbocycles. The number of nitrogen functional groups attached to an aromatic ring is 1. The van der Waals surface area contributed by atoms with E-state index in [4.69, 9.17) is 38.4 Å². The summed E-state index contributed by atoms with van der Waals surface area (Å²) in [6.07, 6.45) is 6.75. The summed E-state index contributed by atoms with van der Waals surface area (Å²) < 4.78 is 12.5. The molecule has 0 radical (unpaired) electrons. The average Bonchev–Trinajstić information content (AvgIpc) is 3.44. The Balaban J connectivity index is 0.000000219. The Morgan fingerprint density at radius 1 is 0.854 bits per heavy atom. The molecule has 2 aliphatic rings. The maximum absolute atomic E-state index is 12.5. The number of ether oxygens (including phenoxy) is 2. The van der Waals surface area contributed by atoms with Crippen LogP contribution in [-0.2, 0) is 14.3 Å². The molecule has 0 spiro atoms.